The van der Waals surface area contributed by atoms with E-state index >= 15 is 0 Å². The first-order chi connectivity index (χ1) is 29.8. The van der Waals surface area contributed by atoms with Gasteiger partial charge in [-0.25, -0.2) is 0 Å². The molecule has 1 fully saturated rings. The molecule has 0 saturated carbocycles. The Morgan fingerprint density at radius 1 is 0.574 bits per heavy atom. The highest BCUT2D eigenvalue weighted by atomic mass is 16.7. The fourth-order valence-electron chi connectivity index (χ4n) is 7.34. The molecular weight excluding hydrogens is 767 g/mol. The van der Waals surface area contributed by atoms with Crippen molar-refractivity contribution in [2.75, 3.05) is 13.2 Å². The van der Waals surface area contributed by atoms with Crippen LogP contribution in [-0.2, 0) is 14.3 Å². The molecule has 6 N–H and O–H groups in total. The fraction of sp³-hybridized carbons (Fsp3) is 0.750. The topological polar surface area (TPSA) is 149 Å². The smallest absolute Gasteiger partial charge is 0.220 e. The molecule has 9 nitrogen and oxygen atoms in total. The Labute approximate surface area is 372 Å². The van der Waals surface area contributed by atoms with Gasteiger partial charge in [-0.2, -0.15) is 0 Å². The zero-order chi connectivity index (χ0) is 44.4. The molecule has 0 aromatic rings. The first-order valence-corrected chi connectivity index (χ1v) is 24.7. The molecular formula is C52H91NO8. The average molecular weight is 858 g/mol. The lowest BCUT2D eigenvalue weighted by Crippen LogP contribution is -2.60. The number of allylic oxidation sites excluding steroid dienone is 11. The van der Waals surface area contributed by atoms with Gasteiger partial charge in [-0.05, 0) is 70.6 Å². The van der Waals surface area contributed by atoms with E-state index in [0.29, 0.717) is 6.42 Å². The number of aliphatic hydroxyl groups is 5. The molecule has 0 aromatic carbocycles. The predicted molar refractivity (Wildman–Crippen MR) is 253 cm³/mol. The molecule has 352 valence electrons. The number of amides is 1. The SMILES string of the molecule is CC/C=C\C/C=C\C/C=C\C/C=C\CCCCCCCCCCCCCCCCC(=O)NC(COC1OC(CO)C(O)C(O)C1O)C(O)/C=C/CC/C=C/CCCCCCC. The van der Waals surface area contributed by atoms with Gasteiger partial charge in [-0.15, -0.1) is 0 Å². The van der Waals surface area contributed by atoms with E-state index in [4.69, 9.17) is 9.47 Å². The zero-order valence-electron chi connectivity index (χ0n) is 38.6. The van der Waals surface area contributed by atoms with Crippen LogP contribution in [0.15, 0.2) is 72.9 Å². The monoisotopic (exact) mass is 858 g/mol. The van der Waals surface area contributed by atoms with Gasteiger partial charge in [-0.1, -0.05) is 189 Å². The van der Waals surface area contributed by atoms with Gasteiger partial charge in [0, 0.05) is 6.42 Å². The number of carbonyl (C=O) groups excluding carboxylic acids is 1. The van der Waals surface area contributed by atoms with Gasteiger partial charge in [0.2, 0.25) is 5.91 Å². The van der Waals surface area contributed by atoms with Crippen LogP contribution in [0, 0.1) is 0 Å². The molecule has 9 heteroatoms. The van der Waals surface area contributed by atoms with E-state index in [0.717, 1.165) is 64.2 Å². The van der Waals surface area contributed by atoms with Crippen LogP contribution in [0.5, 0.6) is 0 Å². The summed E-state index contributed by atoms with van der Waals surface area (Å²) < 4.78 is 11.2. The number of nitrogens with one attached hydrogen (secondary N) is 1. The fourth-order valence-corrected chi connectivity index (χ4v) is 7.34. The molecule has 1 saturated heterocycles. The van der Waals surface area contributed by atoms with Crippen LogP contribution in [0.4, 0.5) is 0 Å². The van der Waals surface area contributed by atoms with E-state index < -0.39 is 49.5 Å². The van der Waals surface area contributed by atoms with Crippen molar-refractivity contribution in [2.24, 2.45) is 0 Å². The summed E-state index contributed by atoms with van der Waals surface area (Å²) in [6, 6.07) is -0.823. The maximum absolute atomic E-state index is 13.0. The molecule has 0 aliphatic carbocycles. The predicted octanol–water partition coefficient (Wildman–Crippen LogP) is 10.9. The number of unbranched alkanes of at least 4 members (excludes halogenated alkanes) is 20. The minimum absolute atomic E-state index is 0.192. The van der Waals surface area contributed by atoms with Crippen molar-refractivity contribution in [1.29, 1.82) is 0 Å². The summed E-state index contributed by atoms with van der Waals surface area (Å²) in [5.74, 6) is -0.192. The van der Waals surface area contributed by atoms with Crippen molar-refractivity contribution in [3.8, 4) is 0 Å². The Balaban J connectivity index is 2.22. The Kier molecular flexibility index (Phi) is 38.7. The summed E-state index contributed by atoms with van der Waals surface area (Å²) in [4.78, 5) is 13.0. The number of ether oxygens (including phenoxy) is 2. The van der Waals surface area contributed by atoms with Crippen LogP contribution in [-0.4, -0.2) is 87.5 Å². The zero-order valence-corrected chi connectivity index (χ0v) is 38.6. The van der Waals surface area contributed by atoms with Crippen molar-refractivity contribution in [2.45, 2.75) is 236 Å². The van der Waals surface area contributed by atoms with Crippen LogP contribution in [0.3, 0.4) is 0 Å². The van der Waals surface area contributed by atoms with Crippen molar-refractivity contribution < 1.29 is 39.8 Å². The molecule has 0 radical (unpaired) electrons. The van der Waals surface area contributed by atoms with Crippen molar-refractivity contribution >= 4 is 5.91 Å². The summed E-state index contributed by atoms with van der Waals surface area (Å²) in [6.07, 6.45) is 49.6. The highest BCUT2D eigenvalue weighted by Gasteiger charge is 2.44. The summed E-state index contributed by atoms with van der Waals surface area (Å²) in [6.45, 7) is 3.61. The second-order valence-electron chi connectivity index (χ2n) is 16.9. The first-order valence-electron chi connectivity index (χ1n) is 24.7. The van der Waals surface area contributed by atoms with Gasteiger partial charge in [0.05, 0.1) is 25.4 Å². The van der Waals surface area contributed by atoms with E-state index in [1.807, 2.05) is 6.08 Å². The van der Waals surface area contributed by atoms with Gasteiger partial charge in [-0.3, -0.25) is 4.79 Å². The Morgan fingerprint density at radius 3 is 1.57 bits per heavy atom. The van der Waals surface area contributed by atoms with Gasteiger partial charge >= 0.3 is 0 Å². The summed E-state index contributed by atoms with van der Waals surface area (Å²) in [5.41, 5.74) is 0. The van der Waals surface area contributed by atoms with Gasteiger partial charge in [0.15, 0.2) is 6.29 Å². The molecule has 0 spiro atoms. The second kappa shape index (κ2) is 41.6. The maximum Gasteiger partial charge on any atom is 0.220 e. The van der Waals surface area contributed by atoms with Crippen LogP contribution < -0.4 is 5.32 Å². The van der Waals surface area contributed by atoms with E-state index in [2.05, 4.69) is 79.9 Å². The van der Waals surface area contributed by atoms with Gasteiger partial charge in [0.1, 0.15) is 24.4 Å². The molecule has 7 unspecified atom stereocenters. The average Bonchev–Trinajstić information content (AvgIpc) is 3.26. The van der Waals surface area contributed by atoms with Gasteiger partial charge in [0.25, 0.3) is 0 Å². The normalized spacial score (nSPS) is 21.1. The standard InChI is InChI=1S/C52H91NO8/c1-3-5-7-9-11-13-15-16-17-18-19-20-21-22-23-24-25-26-27-28-29-30-32-34-36-38-40-42-48(56)53-45(44-60-52-51(59)50(58)49(57)47(43-54)61-52)46(55)41-39-37-35-33-31-14-12-10-8-6-4-2/h5,7,11,13,16-17,19-20,31,33,39,41,45-47,49-52,54-55,57-59H,3-4,6,8-10,12,14-15,18,21-30,32,34-38,40,42-44H2,1-2H3,(H,53,56)/b7-5-,13-11-,17-16-,20-19-,33-31+,41-39+. The number of hydrogen-bond donors (Lipinski definition) is 6. The Hall–Kier alpha value is -2.37. The van der Waals surface area contributed by atoms with E-state index in [9.17, 15) is 30.3 Å². The molecule has 61 heavy (non-hydrogen) atoms. The lowest BCUT2D eigenvalue weighted by atomic mass is 9.99. The number of aliphatic hydroxyl groups excluding tert-OH is 5. The lowest BCUT2D eigenvalue weighted by molar-refractivity contribution is -0.302. The van der Waals surface area contributed by atoms with Crippen LogP contribution >= 0.6 is 0 Å². The van der Waals surface area contributed by atoms with E-state index in [-0.39, 0.29) is 12.5 Å². The highest BCUT2D eigenvalue weighted by molar-refractivity contribution is 5.76. The van der Waals surface area contributed by atoms with Crippen molar-refractivity contribution in [3.63, 3.8) is 0 Å². The Morgan fingerprint density at radius 2 is 1.03 bits per heavy atom. The minimum Gasteiger partial charge on any atom is -0.394 e. The third kappa shape index (κ3) is 32.0. The van der Waals surface area contributed by atoms with Crippen LogP contribution in [0.2, 0.25) is 0 Å². The quantitative estimate of drug-likeness (QED) is 0.0264. The molecule has 1 amide bonds. The lowest BCUT2D eigenvalue weighted by Gasteiger charge is -2.40. The number of carbonyl (C=O) groups is 1. The largest absolute Gasteiger partial charge is 0.394 e. The second-order valence-corrected chi connectivity index (χ2v) is 16.9. The molecule has 1 rings (SSSR count). The van der Waals surface area contributed by atoms with Crippen molar-refractivity contribution in [1.82, 2.24) is 5.32 Å². The molecule has 7 atom stereocenters. The summed E-state index contributed by atoms with van der Waals surface area (Å²) in [5, 5.41) is 54.1. The molecule has 0 bridgehead atoms. The number of hydrogen-bond acceptors (Lipinski definition) is 8. The highest BCUT2D eigenvalue weighted by Crippen LogP contribution is 2.22. The Bertz CT molecular complexity index is 1180. The molecule has 1 heterocycles. The maximum atomic E-state index is 13.0. The first kappa shape index (κ1) is 56.6. The molecule has 0 aromatic heterocycles. The van der Waals surface area contributed by atoms with E-state index in [1.54, 1.807) is 6.08 Å². The van der Waals surface area contributed by atoms with E-state index in [1.165, 1.54) is 109 Å². The number of rotatable bonds is 40. The van der Waals surface area contributed by atoms with Crippen molar-refractivity contribution in [3.05, 3.63) is 72.9 Å². The molecule has 1 aliphatic heterocycles. The third-order valence-corrected chi connectivity index (χ3v) is 11.3. The molecule has 1 aliphatic rings. The van der Waals surface area contributed by atoms with Gasteiger partial charge < -0.3 is 40.3 Å². The minimum atomic E-state index is -1.57. The summed E-state index contributed by atoms with van der Waals surface area (Å²) in [7, 11) is 0. The van der Waals surface area contributed by atoms with Crippen LogP contribution in [0.1, 0.15) is 194 Å². The third-order valence-electron chi connectivity index (χ3n) is 11.3. The summed E-state index contributed by atoms with van der Waals surface area (Å²) >= 11 is 0. The van der Waals surface area contributed by atoms with Crippen LogP contribution in [0.25, 0.3) is 0 Å².